The average molecular weight is 415 g/mol. The Kier molecular flexibility index (Phi) is 5.43. The highest BCUT2D eigenvalue weighted by atomic mass is 35.5. The number of para-hydroxylation sites is 1. The van der Waals surface area contributed by atoms with Gasteiger partial charge < -0.3 is 9.80 Å². The summed E-state index contributed by atoms with van der Waals surface area (Å²) in [6.45, 7) is 5.25. The number of anilines is 2. The van der Waals surface area contributed by atoms with Crippen molar-refractivity contribution in [1.82, 2.24) is 4.90 Å². The number of nitro benzene ring substituents is 1. The Morgan fingerprint density at radius 2 is 1.79 bits per heavy atom. The van der Waals surface area contributed by atoms with Crippen molar-refractivity contribution in [1.29, 1.82) is 0 Å². The zero-order valence-corrected chi connectivity index (χ0v) is 17.0. The molecule has 0 unspecified atom stereocenters. The van der Waals surface area contributed by atoms with Crippen molar-refractivity contribution in [2.45, 2.75) is 19.4 Å². The molecule has 2 aromatic carbocycles. The van der Waals surface area contributed by atoms with Gasteiger partial charge in [-0.3, -0.25) is 19.8 Å². The molecule has 0 aromatic heterocycles. The van der Waals surface area contributed by atoms with Crippen molar-refractivity contribution < 1.29 is 9.72 Å². The molecule has 0 radical (unpaired) electrons. The van der Waals surface area contributed by atoms with Crippen LogP contribution in [-0.2, 0) is 11.2 Å². The summed E-state index contributed by atoms with van der Waals surface area (Å²) >= 11 is 5.92. The van der Waals surface area contributed by atoms with Gasteiger partial charge in [0.15, 0.2) is 0 Å². The number of piperazine rings is 1. The van der Waals surface area contributed by atoms with E-state index >= 15 is 0 Å². The lowest BCUT2D eigenvalue weighted by molar-refractivity contribution is -0.384. The average Bonchev–Trinajstić information content (AvgIpc) is 3.17. The SMILES string of the molecule is C[C@H](C(=O)N1CCc2ccccc21)N1CCN(c2ccc(Cl)cc2[N+](=O)[O-])CC1. The van der Waals surface area contributed by atoms with Gasteiger partial charge in [0.25, 0.3) is 5.69 Å². The molecule has 1 saturated heterocycles. The number of amides is 1. The second-order valence-electron chi connectivity index (χ2n) is 7.46. The molecule has 152 valence electrons. The Hall–Kier alpha value is -2.64. The maximum Gasteiger partial charge on any atom is 0.294 e. The molecule has 1 amide bonds. The first-order chi connectivity index (χ1) is 14.0. The van der Waals surface area contributed by atoms with Gasteiger partial charge in [0.05, 0.1) is 11.0 Å². The van der Waals surface area contributed by atoms with Crippen molar-refractivity contribution in [2.75, 3.05) is 42.5 Å². The lowest BCUT2D eigenvalue weighted by Gasteiger charge is -2.39. The molecule has 0 aliphatic carbocycles. The molecule has 4 rings (SSSR count). The van der Waals surface area contributed by atoms with E-state index in [1.54, 1.807) is 12.1 Å². The molecule has 2 aromatic rings. The van der Waals surface area contributed by atoms with Crippen LogP contribution in [0.4, 0.5) is 17.1 Å². The largest absolute Gasteiger partial charge is 0.363 e. The van der Waals surface area contributed by atoms with Gasteiger partial charge >= 0.3 is 0 Å². The minimum atomic E-state index is -0.398. The molecule has 8 heteroatoms. The normalized spacial score (nSPS) is 17.9. The molecule has 0 saturated carbocycles. The van der Waals surface area contributed by atoms with Crippen molar-refractivity contribution in [3.63, 3.8) is 0 Å². The molecule has 7 nitrogen and oxygen atoms in total. The van der Waals surface area contributed by atoms with Gasteiger partial charge in [0.2, 0.25) is 5.91 Å². The summed E-state index contributed by atoms with van der Waals surface area (Å²) in [5, 5.41) is 11.7. The van der Waals surface area contributed by atoms with Crippen LogP contribution in [0.1, 0.15) is 12.5 Å². The van der Waals surface area contributed by atoms with Crippen LogP contribution in [0.5, 0.6) is 0 Å². The minimum absolute atomic E-state index is 0.0174. The topological polar surface area (TPSA) is 69.9 Å². The fourth-order valence-electron chi connectivity index (χ4n) is 4.21. The van der Waals surface area contributed by atoms with E-state index in [4.69, 9.17) is 11.6 Å². The predicted octanol–water partition coefficient (Wildman–Crippen LogP) is 3.35. The summed E-state index contributed by atoms with van der Waals surface area (Å²) in [6.07, 6.45) is 0.892. The van der Waals surface area contributed by atoms with Crippen LogP contribution >= 0.6 is 11.6 Å². The summed E-state index contributed by atoms with van der Waals surface area (Å²) in [4.78, 5) is 30.1. The Balaban J connectivity index is 1.43. The lowest BCUT2D eigenvalue weighted by Crippen LogP contribution is -2.54. The molecule has 29 heavy (non-hydrogen) atoms. The first kappa shape index (κ1) is 19.7. The number of hydrogen-bond donors (Lipinski definition) is 0. The summed E-state index contributed by atoms with van der Waals surface area (Å²) in [5.74, 6) is 0.112. The highest BCUT2D eigenvalue weighted by molar-refractivity contribution is 6.30. The fourth-order valence-corrected chi connectivity index (χ4v) is 4.38. The van der Waals surface area contributed by atoms with Crippen LogP contribution in [0.25, 0.3) is 0 Å². The highest BCUT2D eigenvalue weighted by Crippen LogP contribution is 2.32. The van der Waals surface area contributed by atoms with Crippen LogP contribution in [0.15, 0.2) is 42.5 Å². The van der Waals surface area contributed by atoms with Crippen molar-refractivity contribution in [3.05, 3.63) is 63.2 Å². The standard InChI is InChI=1S/C21H23ClN4O3/c1-15(21(27)25-9-8-16-4-2-3-5-18(16)25)23-10-12-24(13-11-23)19-7-6-17(22)14-20(19)26(28)29/h2-7,14-15H,8-13H2,1H3/t15-/m1/s1. The first-order valence-corrected chi connectivity index (χ1v) is 10.2. The number of halogens is 1. The van der Waals surface area contributed by atoms with Gasteiger partial charge in [0, 0.05) is 49.5 Å². The Bertz CT molecular complexity index is 943. The molecule has 2 heterocycles. The summed E-state index contributed by atoms with van der Waals surface area (Å²) in [6, 6.07) is 12.6. The van der Waals surface area contributed by atoms with Gasteiger partial charge in [-0.25, -0.2) is 0 Å². The van der Waals surface area contributed by atoms with Crippen molar-refractivity contribution >= 4 is 34.6 Å². The number of nitro groups is 1. The van der Waals surface area contributed by atoms with Crippen LogP contribution in [0, 0.1) is 10.1 Å². The summed E-state index contributed by atoms with van der Waals surface area (Å²) < 4.78 is 0. The Morgan fingerprint density at radius 3 is 2.52 bits per heavy atom. The fraction of sp³-hybridized carbons (Fsp3) is 0.381. The molecule has 1 atom stereocenters. The lowest BCUT2D eigenvalue weighted by atomic mass is 10.1. The van der Waals surface area contributed by atoms with E-state index in [0.717, 1.165) is 18.7 Å². The monoisotopic (exact) mass is 414 g/mol. The molecule has 0 spiro atoms. The molecular weight excluding hydrogens is 392 g/mol. The number of rotatable bonds is 4. The van der Waals surface area contributed by atoms with Crippen molar-refractivity contribution in [2.24, 2.45) is 0 Å². The van der Waals surface area contributed by atoms with E-state index in [1.807, 2.05) is 34.9 Å². The van der Waals surface area contributed by atoms with E-state index in [9.17, 15) is 14.9 Å². The van der Waals surface area contributed by atoms with E-state index in [1.165, 1.54) is 11.6 Å². The number of carbonyl (C=O) groups excluding carboxylic acids is 1. The van der Waals surface area contributed by atoms with Gasteiger partial charge in [-0.05, 0) is 37.1 Å². The number of fused-ring (bicyclic) bond motifs is 1. The zero-order chi connectivity index (χ0) is 20.5. The maximum absolute atomic E-state index is 13.1. The smallest absolute Gasteiger partial charge is 0.294 e. The first-order valence-electron chi connectivity index (χ1n) is 9.78. The van der Waals surface area contributed by atoms with E-state index in [2.05, 4.69) is 11.0 Å². The van der Waals surface area contributed by atoms with E-state index in [-0.39, 0.29) is 17.6 Å². The van der Waals surface area contributed by atoms with Crippen LogP contribution in [-0.4, -0.2) is 54.5 Å². The number of nitrogens with zero attached hydrogens (tertiary/aromatic N) is 4. The van der Waals surface area contributed by atoms with Gasteiger partial charge in [0.1, 0.15) is 5.69 Å². The quantitative estimate of drug-likeness (QED) is 0.566. The van der Waals surface area contributed by atoms with Gasteiger partial charge in [-0.1, -0.05) is 29.8 Å². The molecule has 0 N–H and O–H groups in total. The number of hydrogen-bond acceptors (Lipinski definition) is 5. The predicted molar refractivity (Wildman–Crippen MR) is 114 cm³/mol. The molecule has 2 aliphatic heterocycles. The van der Waals surface area contributed by atoms with Crippen molar-refractivity contribution in [3.8, 4) is 0 Å². The van der Waals surface area contributed by atoms with Crippen LogP contribution in [0.3, 0.4) is 0 Å². The Morgan fingerprint density at radius 1 is 1.07 bits per heavy atom. The molecular formula is C21H23ClN4O3. The third-order valence-electron chi connectivity index (χ3n) is 5.85. The van der Waals surface area contributed by atoms with Gasteiger partial charge in [-0.2, -0.15) is 0 Å². The zero-order valence-electron chi connectivity index (χ0n) is 16.3. The molecule has 2 aliphatic rings. The third kappa shape index (κ3) is 3.80. The van der Waals surface area contributed by atoms with E-state index in [0.29, 0.717) is 36.9 Å². The minimum Gasteiger partial charge on any atom is -0.363 e. The number of carbonyl (C=O) groups is 1. The van der Waals surface area contributed by atoms with E-state index < -0.39 is 4.92 Å². The number of benzene rings is 2. The van der Waals surface area contributed by atoms with Crippen LogP contribution in [0.2, 0.25) is 5.02 Å². The summed E-state index contributed by atoms with van der Waals surface area (Å²) in [7, 11) is 0. The highest BCUT2D eigenvalue weighted by Gasteiger charge is 2.33. The Labute approximate surface area is 174 Å². The summed E-state index contributed by atoms with van der Waals surface area (Å²) in [5.41, 5.74) is 2.82. The second-order valence-corrected chi connectivity index (χ2v) is 7.89. The molecule has 1 fully saturated rings. The van der Waals surface area contributed by atoms with Gasteiger partial charge in [-0.15, -0.1) is 0 Å². The third-order valence-corrected chi connectivity index (χ3v) is 6.08. The second kappa shape index (κ2) is 8.00. The maximum atomic E-state index is 13.1. The molecule has 0 bridgehead atoms. The van der Waals surface area contributed by atoms with Crippen LogP contribution < -0.4 is 9.80 Å².